The molecule has 0 aromatic rings. The van der Waals surface area contributed by atoms with Crippen molar-refractivity contribution in [2.45, 2.75) is 107 Å². The monoisotopic (exact) mass is 568 g/mol. The molecule has 2 aliphatic carbocycles. The van der Waals surface area contributed by atoms with Crippen LogP contribution in [0.2, 0.25) is 0 Å². The predicted octanol–water partition coefficient (Wildman–Crippen LogP) is 4.88. The Kier molecular flexibility index (Phi) is 13.2. The van der Waals surface area contributed by atoms with Gasteiger partial charge >= 0.3 is 18.1 Å². The number of hydrogen-bond donors (Lipinski definition) is 4. The maximum atomic E-state index is 11.7. The minimum Gasteiger partial charge on any atom is -0.466 e. The van der Waals surface area contributed by atoms with Gasteiger partial charge in [0.25, 0.3) is 0 Å². The molecule has 232 valence electrons. The molecule has 4 amide bonds. The largest absolute Gasteiger partial charge is 0.466 e. The summed E-state index contributed by atoms with van der Waals surface area (Å²) in [4.78, 5) is 45.2. The van der Waals surface area contributed by atoms with Gasteiger partial charge in [-0.25, -0.2) is 9.59 Å². The van der Waals surface area contributed by atoms with E-state index in [1.807, 2.05) is 6.92 Å². The SMILES string of the molecule is CCOC(=O)CC1CC(C)(C)CC(C)(CNC(N)=O)C1.CCOC(=O)NCC1(C)CC(CC(N)=O)CC(C)(C)C1. The maximum Gasteiger partial charge on any atom is 0.407 e. The second-order valence-corrected chi connectivity index (χ2v) is 14.3. The number of alkyl carbamates (subject to hydrolysis) is 1. The van der Waals surface area contributed by atoms with E-state index in [-0.39, 0.29) is 39.6 Å². The molecule has 0 heterocycles. The zero-order chi connectivity index (χ0) is 30.8. The Morgan fingerprint density at radius 2 is 1.15 bits per heavy atom. The first-order chi connectivity index (χ1) is 18.3. The smallest absolute Gasteiger partial charge is 0.407 e. The van der Waals surface area contributed by atoms with Gasteiger partial charge in [0, 0.05) is 25.9 Å². The second kappa shape index (κ2) is 14.9. The lowest BCUT2D eigenvalue weighted by Crippen LogP contribution is -2.45. The standard InChI is InChI=1S/2C15H28N2O3/c1-5-20-12(18)6-11-7-14(2,3)9-15(4,8-11)10-17-13(16)19;1-5-20-13(19)17-10-15(4)8-11(6-12(16)18)7-14(2,3)9-15/h11H,5-10H2,1-4H3,(H3,16,17,19);11H,5-10H2,1-4H3,(H2,16,18)(H,17,19). The van der Waals surface area contributed by atoms with E-state index in [4.69, 9.17) is 20.9 Å². The van der Waals surface area contributed by atoms with Crippen molar-refractivity contribution in [3.63, 3.8) is 0 Å². The van der Waals surface area contributed by atoms with Gasteiger partial charge in [-0.2, -0.15) is 0 Å². The molecule has 0 radical (unpaired) electrons. The lowest BCUT2D eigenvalue weighted by Gasteiger charge is -2.46. The molecule has 0 aromatic heterocycles. The number of nitrogens with one attached hydrogen (secondary N) is 2. The lowest BCUT2D eigenvalue weighted by atomic mass is 9.60. The predicted molar refractivity (Wildman–Crippen MR) is 156 cm³/mol. The van der Waals surface area contributed by atoms with Crippen molar-refractivity contribution < 1.29 is 28.7 Å². The molecule has 0 saturated heterocycles. The van der Waals surface area contributed by atoms with E-state index in [1.165, 1.54) is 0 Å². The number of urea groups is 1. The van der Waals surface area contributed by atoms with Crippen molar-refractivity contribution in [1.82, 2.24) is 10.6 Å². The summed E-state index contributed by atoms with van der Waals surface area (Å²) in [6, 6.07) is -0.489. The fourth-order valence-electron chi connectivity index (χ4n) is 7.77. The highest BCUT2D eigenvalue weighted by Gasteiger charge is 2.43. The van der Waals surface area contributed by atoms with Crippen LogP contribution in [0.4, 0.5) is 9.59 Å². The van der Waals surface area contributed by atoms with Crippen LogP contribution in [-0.4, -0.2) is 50.3 Å². The molecule has 2 fully saturated rings. The van der Waals surface area contributed by atoms with Crippen molar-refractivity contribution in [2.75, 3.05) is 26.3 Å². The van der Waals surface area contributed by atoms with E-state index < -0.39 is 6.03 Å². The van der Waals surface area contributed by atoms with Gasteiger partial charge in [0.2, 0.25) is 5.91 Å². The van der Waals surface area contributed by atoms with Crippen LogP contribution in [0.25, 0.3) is 0 Å². The molecule has 6 N–H and O–H groups in total. The zero-order valence-corrected chi connectivity index (χ0v) is 26.2. The summed E-state index contributed by atoms with van der Waals surface area (Å²) in [5.41, 5.74) is 10.8. The number of hydrogen-bond acceptors (Lipinski definition) is 6. The Balaban J connectivity index is 0.000000400. The van der Waals surface area contributed by atoms with Crippen molar-refractivity contribution >= 4 is 24.0 Å². The molecule has 4 atom stereocenters. The maximum absolute atomic E-state index is 11.7. The van der Waals surface area contributed by atoms with Crippen molar-refractivity contribution in [2.24, 2.45) is 45.0 Å². The Labute approximate surface area is 241 Å². The molecule has 0 aliphatic heterocycles. The normalized spacial score (nSPS) is 28.7. The second-order valence-electron chi connectivity index (χ2n) is 14.3. The van der Waals surface area contributed by atoms with Crippen molar-refractivity contribution in [1.29, 1.82) is 0 Å². The summed E-state index contributed by atoms with van der Waals surface area (Å²) in [5, 5.41) is 5.54. The third-order valence-corrected chi connectivity index (χ3v) is 7.93. The number of nitrogens with two attached hydrogens (primary N) is 2. The highest BCUT2D eigenvalue weighted by atomic mass is 16.5. The minimum absolute atomic E-state index is 0.0192. The number of primary amides is 2. The quantitative estimate of drug-likeness (QED) is 0.274. The summed E-state index contributed by atoms with van der Waals surface area (Å²) in [5.74, 6) is 0.233. The number of carbonyl (C=O) groups is 4. The summed E-state index contributed by atoms with van der Waals surface area (Å²) >= 11 is 0. The van der Waals surface area contributed by atoms with E-state index in [1.54, 1.807) is 6.92 Å². The van der Waals surface area contributed by atoms with Gasteiger partial charge < -0.3 is 31.6 Å². The molecular formula is C30H56N4O6. The average Bonchev–Trinajstić information content (AvgIpc) is 2.74. The Bertz CT molecular complexity index is 876. The Hall–Kier alpha value is -2.52. The number of rotatable bonds is 10. The van der Waals surface area contributed by atoms with Crippen LogP contribution in [0.15, 0.2) is 0 Å². The number of carbonyl (C=O) groups excluding carboxylic acids is 4. The third-order valence-electron chi connectivity index (χ3n) is 7.93. The molecule has 4 unspecified atom stereocenters. The summed E-state index contributed by atoms with van der Waals surface area (Å²) in [6.45, 7) is 18.7. The minimum atomic E-state index is -0.489. The average molecular weight is 569 g/mol. The molecule has 2 saturated carbocycles. The van der Waals surface area contributed by atoms with E-state index in [0.29, 0.717) is 51.0 Å². The molecule has 0 aromatic carbocycles. The van der Waals surface area contributed by atoms with Gasteiger partial charge in [-0.05, 0) is 85.9 Å². The first kappa shape index (κ1) is 35.5. The zero-order valence-electron chi connectivity index (χ0n) is 26.2. The van der Waals surface area contributed by atoms with Gasteiger partial charge in [0.05, 0.1) is 13.2 Å². The molecule has 10 heteroatoms. The summed E-state index contributed by atoms with van der Waals surface area (Å²) < 4.78 is 9.95. The van der Waals surface area contributed by atoms with Crippen LogP contribution < -0.4 is 22.1 Å². The summed E-state index contributed by atoms with van der Waals surface area (Å²) in [7, 11) is 0. The van der Waals surface area contributed by atoms with Gasteiger partial charge in [-0.1, -0.05) is 41.5 Å². The first-order valence-electron chi connectivity index (χ1n) is 14.7. The number of ether oxygens (including phenoxy) is 2. The van der Waals surface area contributed by atoms with Gasteiger partial charge in [0.1, 0.15) is 0 Å². The number of esters is 1. The van der Waals surface area contributed by atoms with Crippen molar-refractivity contribution in [3.05, 3.63) is 0 Å². The van der Waals surface area contributed by atoms with E-state index in [9.17, 15) is 19.2 Å². The highest BCUT2D eigenvalue weighted by Crippen LogP contribution is 2.50. The first-order valence-corrected chi connectivity index (χ1v) is 14.7. The lowest BCUT2D eigenvalue weighted by molar-refractivity contribution is -0.145. The van der Waals surface area contributed by atoms with Crippen LogP contribution >= 0.6 is 0 Å². The third kappa shape index (κ3) is 13.7. The molecule has 0 bridgehead atoms. The van der Waals surface area contributed by atoms with Crippen LogP contribution in [0.5, 0.6) is 0 Å². The molecule has 40 heavy (non-hydrogen) atoms. The van der Waals surface area contributed by atoms with Gasteiger partial charge in [0.15, 0.2) is 0 Å². The van der Waals surface area contributed by atoms with Crippen molar-refractivity contribution in [3.8, 4) is 0 Å². The van der Waals surface area contributed by atoms with Crippen LogP contribution in [0.1, 0.15) is 107 Å². The molecule has 10 nitrogen and oxygen atoms in total. The Morgan fingerprint density at radius 1 is 0.700 bits per heavy atom. The highest BCUT2D eigenvalue weighted by molar-refractivity contribution is 5.74. The Morgan fingerprint density at radius 3 is 1.57 bits per heavy atom. The fraction of sp³-hybridized carbons (Fsp3) is 0.867. The fourth-order valence-corrected chi connectivity index (χ4v) is 7.77. The topological polar surface area (TPSA) is 163 Å². The van der Waals surface area contributed by atoms with Gasteiger partial charge in [-0.3, -0.25) is 9.59 Å². The summed E-state index contributed by atoms with van der Waals surface area (Å²) in [6.07, 6.45) is 6.39. The molecular weight excluding hydrogens is 512 g/mol. The number of amides is 4. The van der Waals surface area contributed by atoms with Crippen LogP contribution in [-0.2, 0) is 19.1 Å². The van der Waals surface area contributed by atoms with E-state index in [0.717, 1.165) is 38.5 Å². The molecule has 2 aliphatic rings. The van der Waals surface area contributed by atoms with E-state index in [2.05, 4.69) is 52.2 Å². The van der Waals surface area contributed by atoms with Gasteiger partial charge in [-0.15, -0.1) is 0 Å². The van der Waals surface area contributed by atoms with E-state index >= 15 is 0 Å². The molecule has 0 spiro atoms. The van der Waals surface area contributed by atoms with Crippen LogP contribution in [0.3, 0.4) is 0 Å². The van der Waals surface area contributed by atoms with Crippen LogP contribution in [0, 0.1) is 33.5 Å². The molecule has 2 rings (SSSR count).